The lowest BCUT2D eigenvalue weighted by atomic mass is 10.1. The van der Waals surface area contributed by atoms with Crippen LogP contribution in [0.2, 0.25) is 0 Å². The van der Waals surface area contributed by atoms with E-state index in [-0.39, 0.29) is 12.1 Å². The number of carbonyl (C=O) groups excluding carboxylic acids is 1. The Morgan fingerprint density at radius 1 is 1.47 bits per heavy atom. The maximum Gasteiger partial charge on any atom is 0.409 e. The van der Waals surface area contributed by atoms with E-state index in [1.807, 2.05) is 24.3 Å². The molecule has 1 fully saturated rings. The summed E-state index contributed by atoms with van der Waals surface area (Å²) < 4.78 is 4.94. The molecule has 1 amide bonds. The van der Waals surface area contributed by atoms with Gasteiger partial charge in [-0.3, -0.25) is 0 Å². The van der Waals surface area contributed by atoms with Crippen LogP contribution >= 0.6 is 0 Å². The molecule has 4 nitrogen and oxygen atoms in total. The van der Waals surface area contributed by atoms with Gasteiger partial charge in [-0.1, -0.05) is 12.1 Å². The minimum Gasteiger partial charge on any atom is -0.447 e. The average molecular weight is 206 g/mol. The summed E-state index contributed by atoms with van der Waals surface area (Å²) in [5.41, 5.74) is 7.52. The van der Waals surface area contributed by atoms with Gasteiger partial charge in [0.2, 0.25) is 0 Å². The third kappa shape index (κ3) is 2.03. The Kier molecular flexibility index (Phi) is 2.49. The van der Waals surface area contributed by atoms with E-state index in [0.29, 0.717) is 6.61 Å². The molecule has 1 aromatic rings. The third-order valence-electron chi connectivity index (χ3n) is 2.69. The van der Waals surface area contributed by atoms with Crippen LogP contribution < -0.4 is 5.73 Å². The normalized spacial score (nSPS) is 20.5. The first-order valence-corrected chi connectivity index (χ1v) is 4.91. The molecule has 2 N–H and O–H groups in total. The number of hydrogen-bond donors (Lipinski definition) is 1. The molecule has 0 aromatic heterocycles. The van der Waals surface area contributed by atoms with Gasteiger partial charge in [0.25, 0.3) is 0 Å². The van der Waals surface area contributed by atoms with Crippen LogP contribution in [0.4, 0.5) is 10.5 Å². The number of amides is 1. The number of nitrogen functional groups attached to an aromatic ring is 1. The predicted molar refractivity (Wildman–Crippen MR) is 57.5 cm³/mol. The van der Waals surface area contributed by atoms with Crippen LogP contribution in [0, 0.1) is 0 Å². The van der Waals surface area contributed by atoms with Crippen LogP contribution in [0.15, 0.2) is 24.3 Å². The highest BCUT2D eigenvalue weighted by molar-refractivity contribution is 5.69. The van der Waals surface area contributed by atoms with Crippen molar-refractivity contribution in [2.24, 2.45) is 0 Å². The average Bonchev–Trinajstić information content (AvgIpc) is 2.53. The zero-order valence-electron chi connectivity index (χ0n) is 8.64. The largest absolute Gasteiger partial charge is 0.447 e. The number of rotatable bonds is 2. The number of likely N-dealkylation sites (N-methyl/N-ethyl adjacent to an activating group) is 1. The summed E-state index contributed by atoms with van der Waals surface area (Å²) in [7, 11) is 1.76. The van der Waals surface area contributed by atoms with E-state index < -0.39 is 0 Å². The molecular formula is C11H14N2O2. The molecule has 1 saturated heterocycles. The summed E-state index contributed by atoms with van der Waals surface area (Å²) >= 11 is 0. The zero-order chi connectivity index (χ0) is 10.8. The van der Waals surface area contributed by atoms with Crippen LogP contribution in [0.25, 0.3) is 0 Å². The van der Waals surface area contributed by atoms with E-state index in [2.05, 4.69) is 0 Å². The molecule has 1 aliphatic heterocycles. The molecule has 1 aliphatic rings. The molecule has 0 saturated carbocycles. The van der Waals surface area contributed by atoms with Gasteiger partial charge in [-0.05, 0) is 24.1 Å². The number of hydrogen-bond acceptors (Lipinski definition) is 3. The van der Waals surface area contributed by atoms with Gasteiger partial charge in [0, 0.05) is 12.7 Å². The second kappa shape index (κ2) is 3.81. The summed E-state index contributed by atoms with van der Waals surface area (Å²) in [5.74, 6) is 0. The highest BCUT2D eigenvalue weighted by Gasteiger charge is 2.29. The van der Waals surface area contributed by atoms with Crippen molar-refractivity contribution < 1.29 is 9.53 Å². The van der Waals surface area contributed by atoms with Crippen molar-refractivity contribution >= 4 is 11.8 Å². The minimum absolute atomic E-state index is 0.140. The van der Waals surface area contributed by atoms with Gasteiger partial charge in [0.1, 0.15) is 6.61 Å². The lowest BCUT2D eigenvalue weighted by Crippen LogP contribution is -2.30. The standard InChI is InChI=1S/C11H14N2O2/c1-13-10(7-15-11(13)14)6-8-2-4-9(12)5-3-8/h2-5,10H,6-7,12H2,1H3/t10-/m0/s1. The first-order chi connectivity index (χ1) is 7.16. The molecule has 0 aliphatic carbocycles. The van der Waals surface area contributed by atoms with Crippen LogP contribution in [-0.4, -0.2) is 30.7 Å². The molecule has 15 heavy (non-hydrogen) atoms. The van der Waals surface area contributed by atoms with Crippen molar-refractivity contribution in [1.82, 2.24) is 4.90 Å². The summed E-state index contributed by atoms with van der Waals surface area (Å²) in [6.45, 7) is 0.472. The van der Waals surface area contributed by atoms with Gasteiger partial charge in [-0.2, -0.15) is 0 Å². The highest BCUT2D eigenvalue weighted by Crippen LogP contribution is 2.15. The molecule has 1 aromatic carbocycles. The topological polar surface area (TPSA) is 55.6 Å². The Labute approximate surface area is 88.6 Å². The number of ether oxygens (including phenoxy) is 1. The summed E-state index contributed by atoms with van der Waals surface area (Å²) in [5, 5.41) is 0. The van der Waals surface area contributed by atoms with Gasteiger partial charge in [-0.15, -0.1) is 0 Å². The van der Waals surface area contributed by atoms with Gasteiger partial charge < -0.3 is 15.4 Å². The van der Waals surface area contributed by atoms with E-state index in [0.717, 1.165) is 12.1 Å². The van der Waals surface area contributed by atoms with Crippen molar-refractivity contribution in [3.05, 3.63) is 29.8 Å². The fourth-order valence-corrected chi connectivity index (χ4v) is 1.65. The molecule has 0 radical (unpaired) electrons. The SMILES string of the molecule is CN1C(=O)OC[C@@H]1Cc1ccc(N)cc1. The number of nitrogens with two attached hydrogens (primary N) is 1. The lowest BCUT2D eigenvalue weighted by Gasteiger charge is -2.15. The van der Waals surface area contributed by atoms with E-state index in [1.165, 1.54) is 5.56 Å². The Morgan fingerprint density at radius 2 is 2.13 bits per heavy atom. The Hall–Kier alpha value is -1.71. The first-order valence-electron chi connectivity index (χ1n) is 4.91. The molecule has 0 unspecified atom stereocenters. The molecule has 1 atom stereocenters. The molecular weight excluding hydrogens is 192 g/mol. The Balaban J connectivity index is 2.03. The Morgan fingerprint density at radius 3 is 2.67 bits per heavy atom. The highest BCUT2D eigenvalue weighted by atomic mass is 16.6. The molecule has 4 heteroatoms. The van der Waals surface area contributed by atoms with Crippen LogP contribution in [-0.2, 0) is 11.2 Å². The van der Waals surface area contributed by atoms with Crippen molar-refractivity contribution in [3.63, 3.8) is 0 Å². The zero-order valence-corrected chi connectivity index (χ0v) is 8.64. The van der Waals surface area contributed by atoms with Crippen LogP contribution in [0.1, 0.15) is 5.56 Å². The summed E-state index contributed by atoms with van der Waals surface area (Å²) in [6, 6.07) is 7.83. The van der Waals surface area contributed by atoms with Crippen molar-refractivity contribution in [3.8, 4) is 0 Å². The molecule has 80 valence electrons. The smallest absolute Gasteiger partial charge is 0.409 e. The van der Waals surface area contributed by atoms with E-state index in [9.17, 15) is 4.79 Å². The van der Waals surface area contributed by atoms with E-state index >= 15 is 0 Å². The van der Waals surface area contributed by atoms with Crippen molar-refractivity contribution in [1.29, 1.82) is 0 Å². The van der Waals surface area contributed by atoms with Gasteiger partial charge in [0.15, 0.2) is 0 Å². The fraction of sp³-hybridized carbons (Fsp3) is 0.364. The maximum atomic E-state index is 11.1. The third-order valence-corrected chi connectivity index (χ3v) is 2.69. The number of cyclic esters (lactones) is 1. The fourth-order valence-electron chi connectivity index (χ4n) is 1.65. The van der Waals surface area contributed by atoms with Crippen molar-refractivity contribution in [2.75, 3.05) is 19.4 Å². The number of carbonyl (C=O) groups is 1. The van der Waals surface area contributed by atoms with Gasteiger partial charge in [-0.25, -0.2) is 4.79 Å². The molecule has 2 rings (SSSR count). The second-order valence-electron chi connectivity index (χ2n) is 3.79. The maximum absolute atomic E-state index is 11.1. The predicted octanol–water partition coefficient (Wildman–Crippen LogP) is 1.26. The summed E-state index contributed by atoms with van der Waals surface area (Å²) in [4.78, 5) is 12.7. The van der Waals surface area contributed by atoms with Crippen molar-refractivity contribution in [2.45, 2.75) is 12.5 Å². The number of anilines is 1. The van der Waals surface area contributed by atoms with Gasteiger partial charge >= 0.3 is 6.09 Å². The number of benzene rings is 1. The molecule has 0 spiro atoms. The lowest BCUT2D eigenvalue weighted by molar-refractivity contribution is 0.163. The minimum atomic E-state index is -0.240. The van der Waals surface area contributed by atoms with Crippen LogP contribution in [0.3, 0.4) is 0 Å². The monoisotopic (exact) mass is 206 g/mol. The summed E-state index contributed by atoms with van der Waals surface area (Å²) in [6.07, 6.45) is 0.568. The van der Waals surface area contributed by atoms with Crippen LogP contribution in [0.5, 0.6) is 0 Å². The second-order valence-corrected chi connectivity index (χ2v) is 3.79. The molecule has 0 bridgehead atoms. The van der Waals surface area contributed by atoms with E-state index in [1.54, 1.807) is 11.9 Å². The van der Waals surface area contributed by atoms with Gasteiger partial charge in [0.05, 0.1) is 6.04 Å². The quantitative estimate of drug-likeness (QED) is 0.741. The first kappa shape index (κ1) is 9.83. The van der Waals surface area contributed by atoms with E-state index in [4.69, 9.17) is 10.5 Å². The Bertz CT molecular complexity index is 361. The number of nitrogens with zero attached hydrogens (tertiary/aromatic N) is 1. The molecule has 1 heterocycles.